The second-order valence-corrected chi connectivity index (χ2v) is 7.36. The van der Waals surface area contributed by atoms with Gasteiger partial charge in [-0.2, -0.15) is 0 Å². The summed E-state index contributed by atoms with van der Waals surface area (Å²) >= 11 is 0. The van der Waals surface area contributed by atoms with Gasteiger partial charge in [-0.05, 0) is 30.2 Å². The van der Waals surface area contributed by atoms with Crippen molar-refractivity contribution in [2.45, 2.75) is 32.7 Å². The highest BCUT2D eigenvalue weighted by atomic mass is 127. The van der Waals surface area contributed by atoms with E-state index in [-0.39, 0.29) is 42.6 Å². The van der Waals surface area contributed by atoms with Crippen molar-refractivity contribution in [1.29, 1.82) is 0 Å². The van der Waals surface area contributed by atoms with E-state index >= 15 is 0 Å². The summed E-state index contributed by atoms with van der Waals surface area (Å²) in [4.78, 5) is 4.71. The van der Waals surface area contributed by atoms with Crippen molar-refractivity contribution in [3.05, 3.63) is 59.7 Å². The van der Waals surface area contributed by atoms with Gasteiger partial charge in [0.15, 0.2) is 17.5 Å². The molecule has 0 heterocycles. The first-order valence-electron chi connectivity index (χ1n) is 9.98. The smallest absolute Gasteiger partial charge is 0.191 e. The lowest BCUT2D eigenvalue weighted by atomic mass is 9.85. The summed E-state index contributed by atoms with van der Waals surface area (Å²) in [7, 11) is 1.60. The predicted octanol–water partition coefficient (Wildman–Crippen LogP) is 3.72. The molecule has 0 aliphatic heterocycles. The van der Waals surface area contributed by atoms with E-state index in [1.807, 2.05) is 24.3 Å². The Labute approximate surface area is 197 Å². The summed E-state index contributed by atoms with van der Waals surface area (Å²) in [5.41, 5.74) is 2.27. The molecule has 0 amide bonds. The molecule has 7 heteroatoms. The average Bonchev–Trinajstić information content (AvgIpc) is 2.75. The molecular formula is C23H34IN3O3. The van der Waals surface area contributed by atoms with Crippen LogP contribution in [0.25, 0.3) is 0 Å². The van der Waals surface area contributed by atoms with Crippen molar-refractivity contribution in [3.8, 4) is 11.5 Å². The van der Waals surface area contributed by atoms with Crippen LogP contribution in [-0.4, -0.2) is 44.5 Å². The Bertz CT molecular complexity index is 783. The Balaban J connectivity index is 0.00000450. The van der Waals surface area contributed by atoms with E-state index in [1.54, 1.807) is 7.11 Å². The molecule has 3 N–H and O–H groups in total. The van der Waals surface area contributed by atoms with Gasteiger partial charge in [-0.15, -0.1) is 24.0 Å². The van der Waals surface area contributed by atoms with Gasteiger partial charge < -0.3 is 25.2 Å². The first kappa shape index (κ1) is 26.0. The van der Waals surface area contributed by atoms with Crippen molar-refractivity contribution in [2.75, 3.05) is 33.4 Å². The molecule has 0 fully saturated rings. The molecule has 0 saturated heterocycles. The lowest BCUT2D eigenvalue weighted by molar-refractivity contribution is 0.196. The lowest BCUT2D eigenvalue weighted by Gasteiger charge is -2.26. The highest BCUT2D eigenvalue weighted by molar-refractivity contribution is 14.0. The van der Waals surface area contributed by atoms with Gasteiger partial charge in [0, 0.05) is 18.5 Å². The SMILES string of the molecule is CCNC(=NCc1ccc(OCCO)c(OC)c1)NCC(C)(C)c1ccccc1.I. The van der Waals surface area contributed by atoms with Crippen molar-refractivity contribution >= 4 is 29.9 Å². The molecule has 0 spiro atoms. The van der Waals surface area contributed by atoms with Crippen LogP contribution in [0, 0.1) is 0 Å². The van der Waals surface area contributed by atoms with E-state index < -0.39 is 0 Å². The van der Waals surface area contributed by atoms with Crippen LogP contribution in [0.2, 0.25) is 0 Å². The Morgan fingerprint density at radius 3 is 2.43 bits per heavy atom. The molecule has 0 unspecified atom stereocenters. The van der Waals surface area contributed by atoms with Crippen LogP contribution in [0.4, 0.5) is 0 Å². The molecule has 0 aliphatic rings. The van der Waals surface area contributed by atoms with Crippen LogP contribution in [0.3, 0.4) is 0 Å². The molecular weight excluding hydrogens is 493 g/mol. The van der Waals surface area contributed by atoms with Gasteiger partial charge in [-0.25, -0.2) is 4.99 Å². The van der Waals surface area contributed by atoms with Gasteiger partial charge in [-0.3, -0.25) is 0 Å². The summed E-state index contributed by atoms with van der Waals surface area (Å²) in [5, 5.41) is 15.7. The minimum absolute atomic E-state index is 0. The number of nitrogens with zero attached hydrogens (tertiary/aromatic N) is 1. The van der Waals surface area contributed by atoms with Crippen LogP contribution >= 0.6 is 24.0 Å². The molecule has 2 aromatic rings. The summed E-state index contributed by atoms with van der Waals surface area (Å²) in [5.74, 6) is 2.02. The topological polar surface area (TPSA) is 75.1 Å². The number of aliphatic hydroxyl groups excluding tert-OH is 1. The third-order valence-electron chi connectivity index (χ3n) is 4.59. The van der Waals surface area contributed by atoms with E-state index in [9.17, 15) is 0 Å². The van der Waals surface area contributed by atoms with Crippen molar-refractivity contribution < 1.29 is 14.6 Å². The lowest BCUT2D eigenvalue weighted by Crippen LogP contribution is -2.43. The minimum Gasteiger partial charge on any atom is -0.493 e. The molecule has 0 aromatic heterocycles. The maximum Gasteiger partial charge on any atom is 0.191 e. The number of methoxy groups -OCH3 is 1. The summed E-state index contributed by atoms with van der Waals surface area (Å²) < 4.78 is 10.9. The zero-order valence-electron chi connectivity index (χ0n) is 18.3. The summed E-state index contributed by atoms with van der Waals surface area (Å²) in [6, 6.07) is 16.2. The molecule has 0 aliphatic carbocycles. The molecule has 2 aromatic carbocycles. The first-order valence-corrected chi connectivity index (χ1v) is 9.98. The number of aliphatic hydroxyl groups is 1. The van der Waals surface area contributed by atoms with E-state index in [1.165, 1.54) is 5.56 Å². The molecule has 2 rings (SSSR count). The van der Waals surface area contributed by atoms with Gasteiger partial charge in [-0.1, -0.05) is 50.2 Å². The Hall–Kier alpha value is -2.00. The Morgan fingerprint density at radius 1 is 1.07 bits per heavy atom. The largest absolute Gasteiger partial charge is 0.493 e. The van der Waals surface area contributed by atoms with Crippen LogP contribution < -0.4 is 20.1 Å². The van der Waals surface area contributed by atoms with Gasteiger partial charge >= 0.3 is 0 Å². The normalized spacial score (nSPS) is 11.4. The maximum absolute atomic E-state index is 8.92. The number of hydrogen-bond acceptors (Lipinski definition) is 4. The van der Waals surface area contributed by atoms with E-state index in [0.29, 0.717) is 18.0 Å². The van der Waals surface area contributed by atoms with Crippen molar-refractivity contribution in [2.24, 2.45) is 4.99 Å². The van der Waals surface area contributed by atoms with Crippen LogP contribution in [0.5, 0.6) is 11.5 Å². The molecule has 0 bridgehead atoms. The maximum atomic E-state index is 8.92. The van der Waals surface area contributed by atoms with Gasteiger partial charge in [0.05, 0.1) is 20.3 Å². The zero-order chi connectivity index (χ0) is 21.1. The number of halogens is 1. The fraction of sp³-hybridized carbons (Fsp3) is 0.435. The first-order chi connectivity index (χ1) is 14.0. The van der Waals surface area contributed by atoms with E-state index in [4.69, 9.17) is 19.6 Å². The Kier molecular flexibility index (Phi) is 11.6. The number of guanidine groups is 1. The van der Waals surface area contributed by atoms with Crippen LogP contribution in [-0.2, 0) is 12.0 Å². The third-order valence-corrected chi connectivity index (χ3v) is 4.59. The van der Waals surface area contributed by atoms with E-state index in [0.717, 1.165) is 24.6 Å². The fourth-order valence-electron chi connectivity index (χ4n) is 2.89. The summed E-state index contributed by atoms with van der Waals surface area (Å²) in [6.45, 7) is 8.75. The average molecular weight is 527 g/mol. The highest BCUT2D eigenvalue weighted by Gasteiger charge is 2.20. The molecule has 0 saturated carbocycles. The second-order valence-electron chi connectivity index (χ2n) is 7.36. The monoisotopic (exact) mass is 527 g/mol. The molecule has 30 heavy (non-hydrogen) atoms. The Morgan fingerprint density at radius 2 is 1.80 bits per heavy atom. The van der Waals surface area contributed by atoms with Gasteiger partial charge in [0.2, 0.25) is 0 Å². The number of aliphatic imine (C=N–C) groups is 1. The molecule has 166 valence electrons. The molecule has 6 nitrogen and oxygen atoms in total. The van der Waals surface area contributed by atoms with Gasteiger partial charge in [0.25, 0.3) is 0 Å². The predicted molar refractivity (Wildman–Crippen MR) is 133 cm³/mol. The fourth-order valence-corrected chi connectivity index (χ4v) is 2.89. The highest BCUT2D eigenvalue weighted by Crippen LogP contribution is 2.28. The van der Waals surface area contributed by atoms with Crippen molar-refractivity contribution in [3.63, 3.8) is 0 Å². The van der Waals surface area contributed by atoms with Crippen LogP contribution in [0.15, 0.2) is 53.5 Å². The number of hydrogen-bond donors (Lipinski definition) is 3. The van der Waals surface area contributed by atoms with Gasteiger partial charge in [0.1, 0.15) is 6.61 Å². The van der Waals surface area contributed by atoms with Crippen molar-refractivity contribution in [1.82, 2.24) is 10.6 Å². The number of benzene rings is 2. The van der Waals surface area contributed by atoms with Crippen LogP contribution in [0.1, 0.15) is 31.9 Å². The zero-order valence-corrected chi connectivity index (χ0v) is 20.6. The number of ether oxygens (including phenoxy) is 2. The minimum atomic E-state index is -0.0355. The number of rotatable bonds is 10. The number of nitrogens with one attached hydrogen (secondary N) is 2. The standard InChI is InChI=1S/C23H33N3O3.HI/c1-5-24-22(26-17-23(2,3)19-9-7-6-8-10-19)25-16-18-11-12-20(29-14-13-27)21(15-18)28-4;/h6-12,15,27H,5,13-14,16-17H2,1-4H3,(H2,24,25,26);1H. The quantitative estimate of drug-likeness (QED) is 0.250. The second kappa shape index (κ2) is 13.3. The third kappa shape index (κ3) is 8.02. The van der Waals surface area contributed by atoms with E-state index in [2.05, 4.69) is 55.7 Å². The molecule has 0 atom stereocenters. The molecule has 0 radical (unpaired) electrons. The summed E-state index contributed by atoms with van der Waals surface area (Å²) in [6.07, 6.45) is 0.